The van der Waals surface area contributed by atoms with Crippen molar-refractivity contribution in [2.45, 2.75) is 64.1 Å². The lowest BCUT2D eigenvalue weighted by Gasteiger charge is -2.32. The van der Waals surface area contributed by atoms with Crippen LogP contribution in [0.15, 0.2) is 48.5 Å². The molecule has 33 heavy (non-hydrogen) atoms. The maximum Gasteiger partial charge on any atom is 0.247 e. The molecule has 0 aliphatic heterocycles. The molecule has 0 saturated heterocycles. The van der Waals surface area contributed by atoms with Gasteiger partial charge in [0, 0.05) is 18.2 Å². The van der Waals surface area contributed by atoms with Gasteiger partial charge < -0.3 is 10.2 Å². The number of hydrogen-bond donors (Lipinski definition) is 1. The number of para-hydroxylation sites is 1. The van der Waals surface area contributed by atoms with Crippen LogP contribution in [0, 0.1) is 5.82 Å². The van der Waals surface area contributed by atoms with E-state index in [1.165, 1.54) is 15.6 Å². The van der Waals surface area contributed by atoms with Gasteiger partial charge in [-0.05, 0) is 37.5 Å². The molecule has 0 spiro atoms. The molecule has 3 aromatic rings. The first-order valence-electron chi connectivity index (χ1n) is 11.7. The Morgan fingerprint density at radius 1 is 1.15 bits per heavy atom. The van der Waals surface area contributed by atoms with Gasteiger partial charge in [-0.3, -0.25) is 9.59 Å². The number of nitrogens with one attached hydrogen (secondary N) is 1. The molecule has 1 atom stereocenters. The summed E-state index contributed by atoms with van der Waals surface area (Å²) in [6.07, 6.45) is 5.48. The van der Waals surface area contributed by atoms with Gasteiger partial charge in [0.2, 0.25) is 11.8 Å². The van der Waals surface area contributed by atoms with Crippen molar-refractivity contribution < 1.29 is 14.0 Å². The molecule has 1 aromatic heterocycles. The molecule has 1 N–H and O–H groups in total. The lowest BCUT2D eigenvalue weighted by molar-refractivity contribution is -0.142. The second-order valence-electron chi connectivity index (χ2n) is 8.59. The van der Waals surface area contributed by atoms with Crippen molar-refractivity contribution in [2.24, 2.45) is 0 Å². The first kappa shape index (κ1) is 22.9. The summed E-state index contributed by atoms with van der Waals surface area (Å²) in [5.74, 6) is -1.13. The molecule has 1 fully saturated rings. The standard InChI is InChI=1S/C25H30FN5O2/c1-2-3-16-30(23(32)17-31-22-15-9-8-14-21(22)28-29-31)24(19-12-6-7-13-20(19)26)25(33)27-18-10-4-5-11-18/h6-9,12-15,18,24H,2-5,10-11,16-17H2,1H3,(H,27,33)/t24-/m0/s1. The topological polar surface area (TPSA) is 80.1 Å². The van der Waals surface area contributed by atoms with Crippen LogP contribution in [0.25, 0.3) is 11.0 Å². The van der Waals surface area contributed by atoms with E-state index in [-0.39, 0.29) is 30.0 Å². The maximum atomic E-state index is 14.9. The number of benzene rings is 2. The quantitative estimate of drug-likeness (QED) is 0.533. The van der Waals surface area contributed by atoms with Crippen LogP contribution >= 0.6 is 0 Å². The van der Waals surface area contributed by atoms with Crippen molar-refractivity contribution in [2.75, 3.05) is 6.54 Å². The molecule has 0 bridgehead atoms. The number of nitrogens with zero attached hydrogens (tertiary/aromatic N) is 4. The molecule has 1 aliphatic carbocycles. The minimum Gasteiger partial charge on any atom is -0.351 e. The Labute approximate surface area is 193 Å². The number of carbonyl (C=O) groups is 2. The van der Waals surface area contributed by atoms with E-state index in [1.54, 1.807) is 18.2 Å². The highest BCUT2D eigenvalue weighted by Crippen LogP contribution is 2.27. The first-order chi connectivity index (χ1) is 16.1. The van der Waals surface area contributed by atoms with Gasteiger partial charge in [-0.15, -0.1) is 5.10 Å². The number of amides is 2. The summed E-state index contributed by atoms with van der Waals surface area (Å²) >= 11 is 0. The fraction of sp³-hybridized carbons (Fsp3) is 0.440. The lowest BCUT2D eigenvalue weighted by atomic mass is 10.0. The van der Waals surface area contributed by atoms with Gasteiger partial charge in [0.1, 0.15) is 23.9 Å². The van der Waals surface area contributed by atoms with E-state index in [0.717, 1.165) is 37.6 Å². The molecule has 1 heterocycles. The van der Waals surface area contributed by atoms with Crippen LogP contribution < -0.4 is 5.32 Å². The van der Waals surface area contributed by atoms with Gasteiger partial charge in [-0.2, -0.15) is 0 Å². The first-order valence-corrected chi connectivity index (χ1v) is 11.7. The Bertz CT molecular complexity index is 1110. The molecule has 4 rings (SSSR count). The minimum absolute atomic E-state index is 0.0640. The summed E-state index contributed by atoms with van der Waals surface area (Å²) in [5, 5.41) is 11.3. The molecule has 7 nitrogen and oxygen atoms in total. The Morgan fingerprint density at radius 3 is 2.64 bits per heavy atom. The van der Waals surface area contributed by atoms with Crippen molar-refractivity contribution in [3.63, 3.8) is 0 Å². The SMILES string of the molecule is CCCCN(C(=O)Cn1nnc2ccccc21)[C@H](C(=O)NC1CCCC1)c1ccccc1F. The molecular weight excluding hydrogens is 421 g/mol. The van der Waals surface area contributed by atoms with Gasteiger partial charge in [0.25, 0.3) is 0 Å². The number of aromatic nitrogens is 3. The van der Waals surface area contributed by atoms with E-state index in [9.17, 15) is 14.0 Å². The zero-order valence-corrected chi connectivity index (χ0v) is 18.9. The largest absolute Gasteiger partial charge is 0.351 e. The molecule has 1 saturated carbocycles. The monoisotopic (exact) mass is 451 g/mol. The highest BCUT2D eigenvalue weighted by Gasteiger charge is 2.34. The predicted octanol–water partition coefficient (Wildman–Crippen LogP) is 4.00. The Balaban J connectivity index is 1.66. The summed E-state index contributed by atoms with van der Waals surface area (Å²) in [5.41, 5.74) is 1.63. The number of unbranched alkanes of at least 4 members (excludes halogenated alkanes) is 1. The van der Waals surface area contributed by atoms with Crippen LogP contribution in [0.3, 0.4) is 0 Å². The average Bonchev–Trinajstić information content (AvgIpc) is 3.47. The van der Waals surface area contributed by atoms with Gasteiger partial charge in [-0.1, -0.05) is 61.7 Å². The second kappa shape index (κ2) is 10.6. The van der Waals surface area contributed by atoms with E-state index in [4.69, 9.17) is 0 Å². The zero-order chi connectivity index (χ0) is 23.2. The third-order valence-corrected chi connectivity index (χ3v) is 6.24. The van der Waals surface area contributed by atoms with Crippen LogP contribution in [0.2, 0.25) is 0 Å². The highest BCUT2D eigenvalue weighted by atomic mass is 19.1. The van der Waals surface area contributed by atoms with E-state index in [2.05, 4.69) is 15.6 Å². The van der Waals surface area contributed by atoms with Crippen molar-refractivity contribution in [3.05, 3.63) is 59.9 Å². The van der Waals surface area contributed by atoms with E-state index >= 15 is 0 Å². The van der Waals surface area contributed by atoms with Crippen LogP contribution in [0.5, 0.6) is 0 Å². The van der Waals surface area contributed by atoms with E-state index in [1.807, 2.05) is 31.2 Å². The fourth-order valence-electron chi connectivity index (χ4n) is 4.48. The molecule has 0 unspecified atom stereocenters. The molecule has 2 amide bonds. The number of rotatable bonds is 9. The third-order valence-electron chi connectivity index (χ3n) is 6.24. The summed E-state index contributed by atoms with van der Waals surface area (Å²) < 4.78 is 16.4. The molecule has 0 radical (unpaired) electrons. The molecular formula is C25H30FN5O2. The van der Waals surface area contributed by atoms with Crippen LogP contribution in [0.4, 0.5) is 4.39 Å². The molecule has 1 aliphatic rings. The maximum absolute atomic E-state index is 14.9. The van der Waals surface area contributed by atoms with Crippen LogP contribution in [0.1, 0.15) is 57.1 Å². The van der Waals surface area contributed by atoms with Gasteiger partial charge in [0.05, 0.1) is 5.52 Å². The summed E-state index contributed by atoms with van der Waals surface area (Å²) in [7, 11) is 0. The molecule has 2 aromatic carbocycles. The van der Waals surface area contributed by atoms with Gasteiger partial charge >= 0.3 is 0 Å². The number of fused-ring (bicyclic) bond motifs is 1. The van der Waals surface area contributed by atoms with E-state index in [0.29, 0.717) is 18.5 Å². The van der Waals surface area contributed by atoms with Crippen molar-refractivity contribution in [1.82, 2.24) is 25.2 Å². The summed E-state index contributed by atoms with van der Waals surface area (Å²) in [6.45, 7) is 2.29. The Kier molecular flexibility index (Phi) is 7.32. The minimum atomic E-state index is -1.04. The Hall–Kier alpha value is -3.29. The highest BCUT2D eigenvalue weighted by molar-refractivity contribution is 5.89. The van der Waals surface area contributed by atoms with Crippen molar-refractivity contribution in [3.8, 4) is 0 Å². The third kappa shape index (κ3) is 5.21. The van der Waals surface area contributed by atoms with E-state index < -0.39 is 11.9 Å². The zero-order valence-electron chi connectivity index (χ0n) is 18.9. The lowest BCUT2D eigenvalue weighted by Crippen LogP contribution is -2.47. The summed E-state index contributed by atoms with van der Waals surface area (Å²) in [6, 6.07) is 12.6. The normalized spacial score (nSPS) is 15.0. The number of carbonyl (C=O) groups excluding carboxylic acids is 2. The van der Waals surface area contributed by atoms with Crippen LogP contribution in [-0.2, 0) is 16.1 Å². The summed E-state index contributed by atoms with van der Waals surface area (Å²) in [4.78, 5) is 28.5. The Morgan fingerprint density at radius 2 is 1.88 bits per heavy atom. The second-order valence-corrected chi connectivity index (χ2v) is 8.59. The van der Waals surface area contributed by atoms with Gasteiger partial charge in [0.15, 0.2) is 0 Å². The number of halogens is 1. The number of hydrogen-bond acceptors (Lipinski definition) is 4. The van der Waals surface area contributed by atoms with Crippen molar-refractivity contribution >= 4 is 22.8 Å². The van der Waals surface area contributed by atoms with Crippen molar-refractivity contribution in [1.29, 1.82) is 0 Å². The molecule has 174 valence electrons. The fourth-order valence-corrected chi connectivity index (χ4v) is 4.48. The van der Waals surface area contributed by atoms with Crippen LogP contribution in [-0.4, -0.2) is 44.3 Å². The predicted molar refractivity (Wildman–Crippen MR) is 124 cm³/mol. The molecule has 8 heteroatoms. The average molecular weight is 452 g/mol. The van der Waals surface area contributed by atoms with Gasteiger partial charge in [-0.25, -0.2) is 9.07 Å². The smallest absolute Gasteiger partial charge is 0.247 e.